The molecule has 0 radical (unpaired) electrons. The lowest BCUT2D eigenvalue weighted by Crippen LogP contribution is -2.04. The average molecular weight is 393 g/mol. The molecule has 1 aliphatic rings. The van der Waals surface area contributed by atoms with Gasteiger partial charge in [-0.15, -0.1) is 11.3 Å². The van der Waals surface area contributed by atoms with Crippen molar-refractivity contribution in [1.82, 2.24) is 4.98 Å². The van der Waals surface area contributed by atoms with E-state index in [0.717, 1.165) is 11.3 Å². The van der Waals surface area contributed by atoms with Crippen molar-refractivity contribution in [1.29, 1.82) is 0 Å². The molecule has 0 saturated heterocycles. The zero-order valence-corrected chi connectivity index (χ0v) is 16.8. The molecule has 0 atom stereocenters. The van der Waals surface area contributed by atoms with E-state index in [1.807, 2.05) is 11.4 Å². The van der Waals surface area contributed by atoms with Crippen molar-refractivity contribution in [3.63, 3.8) is 0 Å². The minimum Gasteiger partial charge on any atom is -0.504 e. The van der Waals surface area contributed by atoms with Gasteiger partial charge in [-0.3, -0.25) is 0 Å². The van der Waals surface area contributed by atoms with E-state index in [1.165, 1.54) is 56.1 Å². The minimum absolute atomic E-state index is 0.0869. The van der Waals surface area contributed by atoms with Gasteiger partial charge in [0, 0.05) is 22.7 Å². The van der Waals surface area contributed by atoms with Crippen LogP contribution in [-0.2, 0) is 0 Å². The number of aromatic hydroxyl groups is 1. The van der Waals surface area contributed by atoms with Crippen LogP contribution < -0.4 is 4.74 Å². The summed E-state index contributed by atoms with van der Waals surface area (Å²) in [6.07, 6.45) is 8.32. The van der Waals surface area contributed by atoms with E-state index in [-0.39, 0.29) is 5.75 Å². The maximum atomic E-state index is 10.2. The van der Waals surface area contributed by atoms with Gasteiger partial charge in [0.05, 0.1) is 12.8 Å². The fraction of sp³-hybridized carbons (Fsp3) is 0.304. The van der Waals surface area contributed by atoms with Gasteiger partial charge in [0.25, 0.3) is 0 Å². The Balaban J connectivity index is 1.48. The van der Waals surface area contributed by atoms with Gasteiger partial charge in [0.1, 0.15) is 0 Å². The number of aromatic nitrogens is 1. The van der Waals surface area contributed by atoms with E-state index in [9.17, 15) is 5.11 Å². The third kappa shape index (κ3) is 4.09. The van der Waals surface area contributed by atoms with Crippen LogP contribution in [0.5, 0.6) is 11.5 Å². The number of hydrogen-bond donors (Lipinski definition) is 1. The molecule has 0 spiro atoms. The summed E-state index contributed by atoms with van der Waals surface area (Å²) in [6.45, 7) is 0. The minimum atomic E-state index is 0.0869. The topological polar surface area (TPSA) is 54.7 Å². The molecular weight excluding hydrogens is 368 g/mol. The molecule has 0 bridgehead atoms. The van der Waals surface area contributed by atoms with Crippen LogP contribution in [-0.4, -0.2) is 23.4 Å². The van der Waals surface area contributed by atoms with E-state index in [1.54, 1.807) is 18.3 Å². The van der Waals surface area contributed by atoms with Crippen molar-refractivity contribution in [3.8, 4) is 22.8 Å². The third-order valence-corrected chi connectivity index (χ3v) is 6.09. The first-order valence-electron chi connectivity index (χ1n) is 9.70. The number of rotatable bonds is 5. The van der Waals surface area contributed by atoms with Gasteiger partial charge in [-0.1, -0.05) is 49.6 Å². The van der Waals surface area contributed by atoms with Crippen molar-refractivity contribution >= 4 is 22.7 Å². The fourth-order valence-corrected chi connectivity index (χ4v) is 4.42. The van der Waals surface area contributed by atoms with Crippen LogP contribution in [0.3, 0.4) is 0 Å². The lowest BCUT2D eigenvalue weighted by molar-refractivity contribution is 0.373. The molecule has 5 heteroatoms. The van der Waals surface area contributed by atoms with E-state index in [0.29, 0.717) is 22.4 Å². The Hall–Kier alpha value is -2.66. The van der Waals surface area contributed by atoms with E-state index >= 15 is 0 Å². The van der Waals surface area contributed by atoms with Gasteiger partial charge in [-0.25, -0.2) is 9.98 Å². The standard InChI is InChI=1S/C23H24N2O2S/c1-27-21-9-5-8-19(22(21)26)14-24-23-25-20(15-28-23)18-12-10-17(11-13-18)16-6-3-2-4-7-16/h5,8-16,26H,2-4,6-7H2,1H3. The average Bonchev–Trinajstić information content (AvgIpc) is 3.23. The fourth-order valence-electron chi connectivity index (χ4n) is 3.75. The summed E-state index contributed by atoms with van der Waals surface area (Å²) in [5.74, 6) is 1.24. The number of para-hydroxylation sites is 1. The summed E-state index contributed by atoms with van der Waals surface area (Å²) in [5, 5.41) is 12.8. The molecule has 1 heterocycles. The molecule has 4 nitrogen and oxygen atoms in total. The Morgan fingerprint density at radius 3 is 2.64 bits per heavy atom. The SMILES string of the molecule is COc1cccc(C=Nc2nc(-c3ccc(C4CCCCC4)cc3)cs2)c1O. The molecular formula is C23H24N2O2S. The largest absolute Gasteiger partial charge is 0.504 e. The summed E-state index contributed by atoms with van der Waals surface area (Å²) in [4.78, 5) is 9.03. The molecule has 4 rings (SSSR count). The zero-order chi connectivity index (χ0) is 19.3. The van der Waals surface area contributed by atoms with Crippen LogP contribution in [0.1, 0.15) is 49.1 Å². The highest BCUT2D eigenvalue weighted by molar-refractivity contribution is 7.13. The molecule has 0 amide bonds. The smallest absolute Gasteiger partial charge is 0.209 e. The summed E-state index contributed by atoms with van der Waals surface area (Å²) in [7, 11) is 1.53. The van der Waals surface area contributed by atoms with Crippen molar-refractivity contribution in [3.05, 3.63) is 59.0 Å². The Kier molecular flexibility index (Phi) is 5.72. The molecule has 144 valence electrons. The second kappa shape index (κ2) is 8.57. The highest BCUT2D eigenvalue weighted by Crippen LogP contribution is 2.34. The Morgan fingerprint density at radius 2 is 1.89 bits per heavy atom. The normalized spacial score (nSPS) is 15.2. The van der Waals surface area contributed by atoms with Crippen molar-refractivity contribution in [2.45, 2.75) is 38.0 Å². The maximum Gasteiger partial charge on any atom is 0.209 e. The highest BCUT2D eigenvalue weighted by Gasteiger charge is 2.15. The Morgan fingerprint density at radius 1 is 1.11 bits per heavy atom. The number of benzene rings is 2. The Labute approximate surface area is 169 Å². The van der Waals surface area contributed by atoms with Gasteiger partial charge in [0.15, 0.2) is 11.5 Å². The summed E-state index contributed by atoms with van der Waals surface area (Å²) in [5.41, 5.74) is 4.10. The maximum absolute atomic E-state index is 10.2. The summed E-state index contributed by atoms with van der Waals surface area (Å²) in [6, 6.07) is 14.2. The molecule has 1 aromatic heterocycles. The first kappa shape index (κ1) is 18.7. The second-order valence-electron chi connectivity index (χ2n) is 7.13. The van der Waals surface area contributed by atoms with Crippen LogP contribution in [0.25, 0.3) is 11.3 Å². The molecule has 0 unspecified atom stereocenters. The Bertz CT molecular complexity index is 957. The van der Waals surface area contributed by atoms with Crippen LogP contribution in [0.4, 0.5) is 5.13 Å². The van der Waals surface area contributed by atoms with Crippen LogP contribution in [0, 0.1) is 0 Å². The zero-order valence-electron chi connectivity index (χ0n) is 16.0. The molecule has 1 fully saturated rings. The van der Waals surface area contributed by atoms with Gasteiger partial charge < -0.3 is 9.84 Å². The van der Waals surface area contributed by atoms with Crippen molar-refractivity contribution in [2.24, 2.45) is 4.99 Å². The van der Waals surface area contributed by atoms with E-state index < -0.39 is 0 Å². The number of thiazole rings is 1. The summed E-state index contributed by atoms with van der Waals surface area (Å²) >= 11 is 1.49. The van der Waals surface area contributed by atoms with Crippen LogP contribution in [0.15, 0.2) is 52.8 Å². The first-order chi connectivity index (χ1) is 13.7. The highest BCUT2D eigenvalue weighted by atomic mass is 32.1. The van der Waals surface area contributed by atoms with Gasteiger partial charge in [-0.2, -0.15) is 0 Å². The number of ether oxygens (including phenoxy) is 1. The number of nitrogens with zero attached hydrogens (tertiary/aromatic N) is 2. The van der Waals surface area contributed by atoms with Gasteiger partial charge >= 0.3 is 0 Å². The molecule has 1 aliphatic carbocycles. The number of aliphatic imine (C=N–C) groups is 1. The van der Waals surface area contributed by atoms with Crippen molar-refractivity contribution in [2.75, 3.05) is 7.11 Å². The molecule has 28 heavy (non-hydrogen) atoms. The molecule has 0 aliphatic heterocycles. The monoisotopic (exact) mass is 392 g/mol. The number of phenols is 1. The van der Waals surface area contributed by atoms with Gasteiger partial charge in [-0.05, 0) is 36.5 Å². The molecule has 3 aromatic rings. The molecule has 1 saturated carbocycles. The quantitative estimate of drug-likeness (QED) is 0.517. The van der Waals surface area contributed by atoms with Crippen molar-refractivity contribution < 1.29 is 9.84 Å². The van der Waals surface area contributed by atoms with Crippen LogP contribution in [0.2, 0.25) is 0 Å². The predicted molar refractivity (Wildman–Crippen MR) is 115 cm³/mol. The third-order valence-electron chi connectivity index (χ3n) is 5.34. The number of phenolic OH excluding ortho intramolecular Hbond substituents is 1. The number of methoxy groups -OCH3 is 1. The van der Waals surface area contributed by atoms with Gasteiger partial charge in [0.2, 0.25) is 5.13 Å². The number of hydrogen-bond acceptors (Lipinski definition) is 5. The lowest BCUT2D eigenvalue weighted by Gasteiger charge is -2.22. The molecule has 1 N–H and O–H groups in total. The van der Waals surface area contributed by atoms with Crippen LogP contribution >= 0.6 is 11.3 Å². The summed E-state index contributed by atoms with van der Waals surface area (Å²) < 4.78 is 5.13. The lowest BCUT2D eigenvalue weighted by atomic mass is 9.84. The molecule has 2 aromatic carbocycles. The first-order valence-corrected chi connectivity index (χ1v) is 10.6. The van der Waals surface area contributed by atoms with E-state index in [4.69, 9.17) is 4.74 Å². The van der Waals surface area contributed by atoms with E-state index in [2.05, 4.69) is 34.2 Å². The predicted octanol–water partition coefficient (Wildman–Crippen LogP) is 6.32. The second-order valence-corrected chi connectivity index (χ2v) is 7.97.